The van der Waals surface area contributed by atoms with E-state index in [1.54, 1.807) is 17.0 Å². The Morgan fingerprint density at radius 2 is 2.17 bits per heavy atom. The van der Waals surface area contributed by atoms with Gasteiger partial charge in [-0.1, -0.05) is 25.1 Å². The molecule has 0 saturated heterocycles. The fourth-order valence-electron chi connectivity index (χ4n) is 2.95. The van der Waals surface area contributed by atoms with E-state index in [-0.39, 0.29) is 12.0 Å². The molecule has 0 amide bonds. The summed E-state index contributed by atoms with van der Waals surface area (Å²) in [5, 5.41) is 0. The van der Waals surface area contributed by atoms with Crippen molar-refractivity contribution in [3.8, 4) is 5.75 Å². The van der Waals surface area contributed by atoms with Gasteiger partial charge in [0.05, 0.1) is 18.5 Å². The minimum Gasteiger partial charge on any atom is -0.493 e. The number of hydrogen-bond acceptors (Lipinski definition) is 5. The first-order valence-electron chi connectivity index (χ1n) is 7.83. The average molecular weight is 323 g/mol. The van der Waals surface area contributed by atoms with Gasteiger partial charge in [-0.15, -0.1) is 0 Å². The van der Waals surface area contributed by atoms with Gasteiger partial charge in [0.1, 0.15) is 17.4 Å². The Labute approximate surface area is 139 Å². The third kappa shape index (κ3) is 2.40. The highest BCUT2D eigenvalue weighted by atomic mass is 16.6. The van der Waals surface area contributed by atoms with E-state index in [1.165, 1.54) is 6.20 Å². The molecule has 2 aromatic heterocycles. The normalized spacial score (nSPS) is 19.6. The quantitative estimate of drug-likeness (QED) is 0.678. The number of aromatic nitrogens is 3. The molecule has 0 radical (unpaired) electrons. The Hall–Kier alpha value is -2.89. The summed E-state index contributed by atoms with van der Waals surface area (Å²) in [5.41, 5.74) is 2.71. The van der Waals surface area contributed by atoms with Gasteiger partial charge >= 0.3 is 5.97 Å². The Kier molecular flexibility index (Phi) is 3.45. The Balaban J connectivity index is 1.63. The number of pyridine rings is 1. The van der Waals surface area contributed by atoms with Crippen LogP contribution < -0.4 is 4.74 Å². The van der Waals surface area contributed by atoms with Gasteiger partial charge in [0.25, 0.3) is 0 Å². The summed E-state index contributed by atoms with van der Waals surface area (Å²) < 4.78 is 13.3. The van der Waals surface area contributed by atoms with E-state index >= 15 is 0 Å². The van der Waals surface area contributed by atoms with Crippen LogP contribution in [0.25, 0.3) is 11.2 Å². The van der Waals surface area contributed by atoms with Crippen LogP contribution >= 0.6 is 0 Å². The lowest BCUT2D eigenvalue weighted by Gasteiger charge is -2.31. The molecule has 122 valence electrons. The standard InChI is InChI=1S/C18H17N3O3/c1-11-9-23-15-6-4-3-5-13(15)16(11)24-18(22)12-7-14-17(19-8-12)21(2)10-20-14/h3-8,10-11,16H,9H2,1-2H3/t11-,16+/m1/s1. The van der Waals surface area contributed by atoms with Crippen molar-refractivity contribution in [2.75, 3.05) is 6.61 Å². The summed E-state index contributed by atoms with van der Waals surface area (Å²) in [4.78, 5) is 21.1. The molecule has 3 heterocycles. The zero-order chi connectivity index (χ0) is 16.7. The van der Waals surface area contributed by atoms with Crippen LogP contribution in [0.15, 0.2) is 42.9 Å². The molecule has 0 N–H and O–H groups in total. The van der Waals surface area contributed by atoms with Crippen LogP contribution in [0, 0.1) is 5.92 Å². The summed E-state index contributed by atoms with van der Waals surface area (Å²) in [6.45, 7) is 2.53. The zero-order valence-corrected chi connectivity index (χ0v) is 13.5. The van der Waals surface area contributed by atoms with Crippen molar-refractivity contribution in [2.45, 2.75) is 13.0 Å². The molecule has 2 atom stereocenters. The van der Waals surface area contributed by atoms with E-state index in [9.17, 15) is 4.79 Å². The van der Waals surface area contributed by atoms with Crippen molar-refractivity contribution < 1.29 is 14.3 Å². The molecule has 0 saturated carbocycles. The minimum atomic E-state index is -0.399. The molecule has 0 fully saturated rings. The molecule has 0 spiro atoms. The fourth-order valence-corrected chi connectivity index (χ4v) is 2.95. The largest absolute Gasteiger partial charge is 0.493 e. The monoisotopic (exact) mass is 323 g/mol. The number of ether oxygens (including phenoxy) is 2. The first-order valence-corrected chi connectivity index (χ1v) is 7.83. The number of hydrogen-bond donors (Lipinski definition) is 0. The molecule has 1 aromatic carbocycles. The first kappa shape index (κ1) is 14.7. The molecular weight excluding hydrogens is 306 g/mol. The van der Waals surface area contributed by atoms with Crippen LogP contribution in [0.4, 0.5) is 0 Å². The van der Waals surface area contributed by atoms with Crippen molar-refractivity contribution in [1.29, 1.82) is 0 Å². The predicted molar refractivity (Wildman–Crippen MR) is 87.8 cm³/mol. The van der Waals surface area contributed by atoms with E-state index in [0.29, 0.717) is 17.7 Å². The van der Waals surface area contributed by atoms with Crippen molar-refractivity contribution in [3.05, 3.63) is 54.0 Å². The number of imidazole rings is 1. The second kappa shape index (κ2) is 5.63. The highest BCUT2D eigenvalue weighted by Crippen LogP contribution is 2.38. The summed E-state index contributed by atoms with van der Waals surface area (Å²) in [6, 6.07) is 9.36. The molecule has 24 heavy (non-hydrogen) atoms. The lowest BCUT2D eigenvalue weighted by Crippen LogP contribution is -2.27. The maximum atomic E-state index is 12.6. The van der Waals surface area contributed by atoms with Crippen LogP contribution in [0.1, 0.15) is 28.9 Å². The fraction of sp³-hybridized carbons (Fsp3) is 0.278. The van der Waals surface area contributed by atoms with Gasteiger partial charge in [0, 0.05) is 24.7 Å². The summed E-state index contributed by atoms with van der Waals surface area (Å²) >= 11 is 0. The topological polar surface area (TPSA) is 66.2 Å². The van der Waals surface area contributed by atoms with E-state index < -0.39 is 5.97 Å². The highest BCUT2D eigenvalue weighted by molar-refractivity contribution is 5.92. The number of fused-ring (bicyclic) bond motifs is 2. The van der Waals surface area contributed by atoms with E-state index in [0.717, 1.165) is 17.0 Å². The molecule has 0 unspecified atom stereocenters. The highest BCUT2D eigenvalue weighted by Gasteiger charge is 2.31. The van der Waals surface area contributed by atoms with Gasteiger partial charge < -0.3 is 14.0 Å². The number of benzene rings is 1. The second-order valence-corrected chi connectivity index (χ2v) is 6.07. The van der Waals surface area contributed by atoms with Crippen molar-refractivity contribution in [3.63, 3.8) is 0 Å². The number of carbonyl (C=O) groups excluding carboxylic acids is 1. The number of carbonyl (C=O) groups is 1. The van der Waals surface area contributed by atoms with Gasteiger partial charge in [-0.05, 0) is 12.1 Å². The Morgan fingerprint density at radius 1 is 1.33 bits per heavy atom. The molecule has 0 bridgehead atoms. The van der Waals surface area contributed by atoms with Crippen LogP contribution in [0.3, 0.4) is 0 Å². The van der Waals surface area contributed by atoms with Gasteiger partial charge in [-0.3, -0.25) is 0 Å². The summed E-state index contributed by atoms with van der Waals surface area (Å²) in [5.74, 6) is 0.450. The van der Waals surface area contributed by atoms with Gasteiger partial charge in [-0.25, -0.2) is 14.8 Å². The second-order valence-electron chi connectivity index (χ2n) is 6.07. The van der Waals surface area contributed by atoms with Gasteiger partial charge in [0.15, 0.2) is 5.65 Å². The lowest BCUT2D eigenvalue weighted by atomic mass is 9.94. The number of esters is 1. The van der Waals surface area contributed by atoms with Crippen LogP contribution in [0.5, 0.6) is 5.75 Å². The maximum Gasteiger partial charge on any atom is 0.340 e. The third-order valence-electron chi connectivity index (χ3n) is 4.27. The smallest absolute Gasteiger partial charge is 0.340 e. The van der Waals surface area contributed by atoms with E-state index in [1.807, 2.05) is 38.2 Å². The van der Waals surface area contributed by atoms with E-state index in [2.05, 4.69) is 9.97 Å². The van der Waals surface area contributed by atoms with Crippen LogP contribution in [-0.2, 0) is 11.8 Å². The average Bonchev–Trinajstić information content (AvgIpc) is 2.98. The number of nitrogens with zero attached hydrogens (tertiary/aromatic N) is 3. The molecular formula is C18H17N3O3. The number of rotatable bonds is 2. The maximum absolute atomic E-state index is 12.6. The van der Waals surface area contributed by atoms with Gasteiger partial charge in [0.2, 0.25) is 0 Å². The van der Waals surface area contributed by atoms with Crippen molar-refractivity contribution in [2.24, 2.45) is 13.0 Å². The molecule has 4 rings (SSSR count). The van der Waals surface area contributed by atoms with Crippen molar-refractivity contribution >= 4 is 17.1 Å². The minimum absolute atomic E-state index is 0.0791. The lowest BCUT2D eigenvalue weighted by molar-refractivity contribution is -0.000245. The number of para-hydroxylation sites is 1. The predicted octanol–water partition coefficient (Wildman–Crippen LogP) is 2.89. The molecule has 1 aliphatic rings. The number of aryl methyl sites for hydroxylation is 1. The van der Waals surface area contributed by atoms with Crippen LogP contribution in [-0.4, -0.2) is 27.1 Å². The molecule has 0 aliphatic carbocycles. The summed E-state index contributed by atoms with van der Waals surface area (Å²) in [6.07, 6.45) is 2.87. The van der Waals surface area contributed by atoms with Gasteiger partial charge in [-0.2, -0.15) is 0 Å². The molecule has 3 aromatic rings. The summed E-state index contributed by atoms with van der Waals surface area (Å²) in [7, 11) is 1.86. The third-order valence-corrected chi connectivity index (χ3v) is 4.27. The first-order chi connectivity index (χ1) is 11.6. The molecule has 6 heteroatoms. The van der Waals surface area contributed by atoms with Crippen molar-refractivity contribution in [1.82, 2.24) is 14.5 Å². The molecule has 1 aliphatic heterocycles. The zero-order valence-electron chi connectivity index (χ0n) is 13.5. The molecule has 6 nitrogen and oxygen atoms in total. The Bertz CT molecular complexity index is 919. The SMILES string of the molecule is C[C@@H]1COc2ccccc2[C@H]1OC(=O)c1cnc2c(c1)ncn2C. The Morgan fingerprint density at radius 3 is 3.04 bits per heavy atom. The van der Waals surface area contributed by atoms with Crippen LogP contribution in [0.2, 0.25) is 0 Å². The van der Waals surface area contributed by atoms with E-state index in [4.69, 9.17) is 9.47 Å².